The van der Waals surface area contributed by atoms with E-state index < -0.39 is 5.41 Å². The molecule has 3 nitrogen and oxygen atoms in total. The summed E-state index contributed by atoms with van der Waals surface area (Å²) in [6.45, 7) is 0. The lowest BCUT2D eigenvalue weighted by atomic mass is 9.70. The van der Waals surface area contributed by atoms with Crippen molar-refractivity contribution < 1.29 is 0 Å². The average Bonchev–Trinajstić information content (AvgIpc) is 3.89. The Hall–Kier alpha value is -7.36. The van der Waals surface area contributed by atoms with Crippen LogP contribution >= 0.6 is 0 Å². The van der Waals surface area contributed by atoms with Crippen molar-refractivity contribution in [1.82, 2.24) is 14.5 Å². The molecule has 2 heterocycles. The molecular formula is C53H33N3. The Kier molecular flexibility index (Phi) is 6.55. The SMILES string of the molecule is c1ccc(-c2cc(-c3ccccc3)nc(-c3ccccc3-n3c4ccccc4c4c5c(ccc43)C3(c4ccccc4-c4ccccc43)c3ccccc3-5)n2)cc1. The summed E-state index contributed by atoms with van der Waals surface area (Å²) < 4.78 is 2.44. The summed E-state index contributed by atoms with van der Waals surface area (Å²) in [5.41, 5.74) is 18.4. The molecule has 0 saturated heterocycles. The normalized spacial score (nSPS) is 13.1. The van der Waals surface area contributed by atoms with Gasteiger partial charge in [0.2, 0.25) is 0 Å². The number of para-hydroxylation sites is 2. The van der Waals surface area contributed by atoms with Crippen LogP contribution in [-0.2, 0) is 5.41 Å². The van der Waals surface area contributed by atoms with Gasteiger partial charge in [0.15, 0.2) is 5.82 Å². The van der Waals surface area contributed by atoms with Gasteiger partial charge in [0, 0.05) is 27.5 Å². The highest BCUT2D eigenvalue weighted by atomic mass is 15.0. The minimum Gasteiger partial charge on any atom is -0.308 e. The van der Waals surface area contributed by atoms with Crippen molar-refractivity contribution >= 4 is 21.8 Å². The van der Waals surface area contributed by atoms with Gasteiger partial charge in [-0.15, -0.1) is 0 Å². The molecule has 2 aromatic heterocycles. The van der Waals surface area contributed by atoms with Gasteiger partial charge < -0.3 is 4.57 Å². The quantitative estimate of drug-likeness (QED) is 0.182. The molecule has 0 atom stereocenters. The maximum atomic E-state index is 5.28. The molecule has 0 saturated carbocycles. The molecular weight excluding hydrogens is 679 g/mol. The van der Waals surface area contributed by atoms with Gasteiger partial charge in [-0.1, -0.05) is 170 Å². The van der Waals surface area contributed by atoms with Crippen LogP contribution in [0, 0.1) is 0 Å². The zero-order valence-electron chi connectivity index (χ0n) is 30.4. The van der Waals surface area contributed by atoms with Crippen molar-refractivity contribution in [2.24, 2.45) is 0 Å². The Morgan fingerprint density at radius 3 is 1.52 bits per heavy atom. The first-order valence-electron chi connectivity index (χ1n) is 19.3. The largest absolute Gasteiger partial charge is 0.308 e. The Balaban J connectivity index is 1.16. The van der Waals surface area contributed by atoms with Crippen LogP contribution in [0.1, 0.15) is 22.3 Å². The Morgan fingerprint density at radius 2 is 0.875 bits per heavy atom. The number of nitrogens with zero attached hydrogens (tertiary/aromatic N) is 3. The number of fused-ring (bicyclic) bond motifs is 14. The summed E-state index contributed by atoms with van der Waals surface area (Å²) in [6.07, 6.45) is 0. The fourth-order valence-electron chi connectivity index (χ4n) is 9.84. The number of hydrogen-bond donors (Lipinski definition) is 0. The van der Waals surface area contributed by atoms with Gasteiger partial charge >= 0.3 is 0 Å². The predicted molar refractivity (Wildman–Crippen MR) is 229 cm³/mol. The van der Waals surface area contributed by atoms with Crippen molar-refractivity contribution in [2.75, 3.05) is 0 Å². The molecule has 3 heteroatoms. The van der Waals surface area contributed by atoms with Crippen molar-refractivity contribution in [1.29, 1.82) is 0 Å². The summed E-state index contributed by atoms with van der Waals surface area (Å²) in [7, 11) is 0. The lowest BCUT2D eigenvalue weighted by Crippen LogP contribution is -2.25. The van der Waals surface area contributed by atoms with Gasteiger partial charge in [-0.3, -0.25) is 0 Å². The molecule has 1 spiro atoms. The van der Waals surface area contributed by atoms with Crippen LogP contribution in [0.4, 0.5) is 0 Å². The molecule has 56 heavy (non-hydrogen) atoms. The first kappa shape index (κ1) is 31.0. The minimum absolute atomic E-state index is 0.409. The fraction of sp³-hybridized carbons (Fsp3) is 0.0189. The first-order valence-corrected chi connectivity index (χ1v) is 19.3. The fourth-order valence-corrected chi connectivity index (χ4v) is 9.84. The summed E-state index contributed by atoms with van der Waals surface area (Å²) >= 11 is 0. The molecule has 0 amide bonds. The van der Waals surface area contributed by atoms with Gasteiger partial charge in [-0.05, 0) is 74.8 Å². The predicted octanol–water partition coefficient (Wildman–Crippen LogP) is 12.9. The Morgan fingerprint density at radius 1 is 0.375 bits per heavy atom. The number of aromatic nitrogens is 3. The third-order valence-electron chi connectivity index (χ3n) is 12.0. The summed E-state index contributed by atoms with van der Waals surface area (Å²) in [5.74, 6) is 0.691. The molecule has 260 valence electrons. The van der Waals surface area contributed by atoms with E-state index in [-0.39, 0.29) is 0 Å². The molecule has 0 bridgehead atoms. The van der Waals surface area contributed by atoms with E-state index in [1.54, 1.807) is 0 Å². The number of hydrogen-bond acceptors (Lipinski definition) is 2. The second kappa shape index (κ2) is 11.8. The van der Waals surface area contributed by atoms with E-state index in [9.17, 15) is 0 Å². The Bertz CT molecular complexity index is 3090. The molecule has 0 aliphatic heterocycles. The van der Waals surface area contributed by atoms with Crippen LogP contribution in [0.15, 0.2) is 200 Å². The van der Waals surface area contributed by atoms with E-state index in [0.29, 0.717) is 5.82 Å². The third kappa shape index (κ3) is 4.17. The molecule has 0 unspecified atom stereocenters. The lowest BCUT2D eigenvalue weighted by Gasteiger charge is -2.30. The summed E-state index contributed by atoms with van der Waals surface area (Å²) in [4.78, 5) is 10.6. The van der Waals surface area contributed by atoms with E-state index >= 15 is 0 Å². The molecule has 2 aliphatic rings. The lowest BCUT2D eigenvalue weighted by molar-refractivity contribution is 0.794. The van der Waals surface area contributed by atoms with Crippen LogP contribution in [0.25, 0.3) is 83.6 Å². The van der Waals surface area contributed by atoms with Crippen molar-refractivity contribution in [3.63, 3.8) is 0 Å². The topological polar surface area (TPSA) is 30.7 Å². The molecule has 8 aromatic carbocycles. The highest BCUT2D eigenvalue weighted by molar-refractivity contribution is 6.19. The zero-order chi connectivity index (χ0) is 36.8. The van der Waals surface area contributed by atoms with E-state index in [4.69, 9.17) is 9.97 Å². The molecule has 2 aliphatic carbocycles. The standard InChI is InChI=1S/C53H33N3/c1-3-17-34(18-4-1)45-33-46(35-19-5-2-6-20-35)55-52(54-45)40-25-11-16-30-48(40)56-47-29-15-10-24-39(47)51-49(56)32-31-44-50(51)38-23-9-14-28-43(38)53(44)41-26-12-7-21-36(41)37-22-8-13-27-42(37)53/h1-33H. The first-order chi connectivity index (χ1) is 27.8. The third-order valence-corrected chi connectivity index (χ3v) is 12.0. The van der Waals surface area contributed by atoms with Gasteiger partial charge in [-0.25, -0.2) is 9.97 Å². The molecule has 12 rings (SSSR count). The smallest absolute Gasteiger partial charge is 0.162 e. The minimum atomic E-state index is -0.409. The summed E-state index contributed by atoms with van der Waals surface area (Å²) in [6, 6.07) is 72.3. The maximum Gasteiger partial charge on any atom is 0.162 e. The van der Waals surface area contributed by atoms with Crippen molar-refractivity contribution in [2.45, 2.75) is 5.41 Å². The Labute approximate surface area is 324 Å². The molecule has 0 fully saturated rings. The van der Waals surface area contributed by atoms with Gasteiger partial charge in [-0.2, -0.15) is 0 Å². The second-order valence-corrected chi connectivity index (χ2v) is 14.8. The highest BCUT2D eigenvalue weighted by Crippen LogP contribution is 2.64. The van der Waals surface area contributed by atoms with Gasteiger partial charge in [0.05, 0.1) is 33.5 Å². The second-order valence-electron chi connectivity index (χ2n) is 14.8. The summed E-state index contributed by atoms with van der Waals surface area (Å²) in [5, 5.41) is 2.49. The van der Waals surface area contributed by atoms with Crippen LogP contribution in [0.5, 0.6) is 0 Å². The number of benzene rings is 8. The van der Waals surface area contributed by atoms with Crippen LogP contribution in [0.3, 0.4) is 0 Å². The number of rotatable bonds is 4. The van der Waals surface area contributed by atoms with E-state index in [2.05, 4.69) is 193 Å². The molecule has 10 aromatic rings. The van der Waals surface area contributed by atoms with E-state index in [1.807, 2.05) is 12.1 Å². The van der Waals surface area contributed by atoms with Crippen LogP contribution in [0.2, 0.25) is 0 Å². The van der Waals surface area contributed by atoms with Crippen LogP contribution < -0.4 is 0 Å². The van der Waals surface area contributed by atoms with E-state index in [1.165, 1.54) is 55.3 Å². The van der Waals surface area contributed by atoms with Crippen molar-refractivity contribution in [3.05, 3.63) is 222 Å². The average molecular weight is 712 g/mol. The van der Waals surface area contributed by atoms with Gasteiger partial charge in [0.25, 0.3) is 0 Å². The van der Waals surface area contributed by atoms with Crippen LogP contribution in [-0.4, -0.2) is 14.5 Å². The highest BCUT2D eigenvalue weighted by Gasteiger charge is 2.52. The zero-order valence-corrected chi connectivity index (χ0v) is 30.4. The maximum absolute atomic E-state index is 5.28. The molecule has 0 radical (unpaired) electrons. The van der Waals surface area contributed by atoms with E-state index in [0.717, 1.165) is 44.8 Å². The van der Waals surface area contributed by atoms with Gasteiger partial charge in [0.1, 0.15) is 0 Å². The molecule has 0 N–H and O–H groups in total. The van der Waals surface area contributed by atoms with Crippen molar-refractivity contribution in [3.8, 4) is 61.8 Å². The monoisotopic (exact) mass is 711 g/mol.